The molecule has 0 N–H and O–H groups in total. The maximum Gasteiger partial charge on any atom is 0.141 e. The summed E-state index contributed by atoms with van der Waals surface area (Å²) in [6.07, 6.45) is 0. The Labute approximate surface area is 109 Å². The van der Waals surface area contributed by atoms with Crippen LogP contribution in [-0.4, -0.2) is 29.7 Å². The first kappa shape index (κ1) is 13.2. The minimum Gasteiger partial charge on any atom is -0.359 e. The molecule has 0 fully saturated rings. The van der Waals surface area contributed by atoms with E-state index < -0.39 is 8.07 Å². The predicted molar refractivity (Wildman–Crippen MR) is 76.4 cm³/mol. The van der Waals surface area contributed by atoms with E-state index in [0.29, 0.717) is 6.73 Å². The second-order valence-corrected chi connectivity index (χ2v) is 11.6. The summed E-state index contributed by atoms with van der Waals surface area (Å²) in [5, 5.41) is 8.27. The second kappa shape index (κ2) is 5.20. The number of fused-ring (bicyclic) bond motifs is 1. The van der Waals surface area contributed by atoms with Gasteiger partial charge in [0.25, 0.3) is 0 Å². The summed E-state index contributed by atoms with van der Waals surface area (Å²) in [7, 11) is -1.01. The number of hydrogen-bond donors (Lipinski definition) is 0. The van der Waals surface area contributed by atoms with Gasteiger partial charge in [0, 0.05) is 14.7 Å². The predicted octanol–water partition coefficient (Wildman–Crippen LogP) is 3.05. The number of aryl methyl sites for hydroxylation is 1. The highest BCUT2D eigenvalue weighted by Crippen LogP contribution is 2.13. The lowest BCUT2D eigenvalue weighted by Crippen LogP contribution is -2.22. The van der Waals surface area contributed by atoms with Crippen molar-refractivity contribution in [1.82, 2.24) is 15.0 Å². The molecule has 2 rings (SSSR count). The minimum atomic E-state index is -1.01. The molecule has 0 aliphatic rings. The van der Waals surface area contributed by atoms with Crippen LogP contribution in [0.4, 0.5) is 0 Å². The molecule has 2 aromatic rings. The number of rotatable bonds is 5. The standard InChI is InChI=1S/C13H21N3OSi/c1-11-5-6-13-12(9-11)14-15-16(13)10-17-7-8-18(2,3)4/h5-6,9H,7-8,10H2,1-4H3. The van der Waals surface area contributed by atoms with Gasteiger partial charge in [0.05, 0.1) is 5.52 Å². The van der Waals surface area contributed by atoms with Gasteiger partial charge in [0.15, 0.2) is 0 Å². The third kappa shape index (κ3) is 3.40. The number of ether oxygens (including phenoxy) is 1. The topological polar surface area (TPSA) is 39.9 Å². The summed E-state index contributed by atoms with van der Waals surface area (Å²) >= 11 is 0. The first-order chi connectivity index (χ1) is 8.46. The molecule has 0 saturated carbocycles. The van der Waals surface area contributed by atoms with Gasteiger partial charge in [0.1, 0.15) is 12.2 Å². The van der Waals surface area contributed by atoms with Crippen molar-refractivity contribution in [2.24, 2.45) is 0 Å². The molecule has 1 aromatic carbocycles. The highest BCUT2D eigenvalue weighted by Gasteiger charge is 2.12. The van der Waals surface area contributed by atoms with Crippen molar-refractivity contribution in [2.75, 3.05) is 6.61 Å². The van der Waals surface area contributed by atoms with Gasteiger partial charge in [-0.25, -0.2) is 4.68 Å². The van der Waals surface area contributed by atoms with Crippen LogP contribution >= 0.6 is 0 Å². The average molecular weight is 263 g/mol. The molecule has 1 heterocycles. The molecule has 18 heavy (non-hydrogen) atoms. The lowest BCUT2D eigenvalue weighted by molar-refractivity contribution is 0.0803. The lowest BCUT2D eigenvalue weighted by atomic mass is 10.2. The van der Waals surface area contributed by atoms with E-state index >= 15 is 0 Å². The first-order valence-electron chi connectivity index (χ1n) is 6.33. The molecule has 0 bridgehead atoms. The molecule has 1 aromatic heterocycles. The van der Waals surface area contributed by atoms with Gasteiger partial charge in [-0.05, 0) is 30.7 Å². The zero-order chi connectivity index (χ0) is 13.2. The maximum atomic E-state index is 5.69. The molecule has 0 spiro atoms. The van der Waals surface area contributed by atoms with Crippen molar-refractivity contribution in [3.05, 3.63) is 23.8 Å². The number of nitrogens with zero attached hydrogens (tertiary/aromatic N) is 3. The number of aromatic nitrogens is 3. The number of benzene rings is 1. The van der Waals surface area contributed by atoms with Crippen molar-refractivity contribution < 1.29 is 4.74 Å². The summed E-state index contributed by atoms with van der Waals surface area (Å²) in [6.45, 7) is 10.4. The Bertz CT molecular complexity index is 531. The van der Waals surface area contributed by atoms with Gasteiger partial charge in [-0.3, -0.25) is 0 Å². The minimum absolute atomic E-state index is 0.490. The van der Waals surface area contributed by atoms with E-state index in [0.717, 1.165) is 17.6 Å². The Balaban J connectivity index is 1.96. The van der Waals surface area contributed by atoms with Crippen LogP contribution in [0.1, 0.15) is 5.56 Å². The van der Waals surface area contributed by atoms with Crippen LogP contribution in [0.25, 0.3) is 11.0 Å². The van der Waals surface area contributed by atoms with E-state index in [1.54, 1.807) is 0 Å². The second-order valence-electron chi connectivity index (χ2n) is 5.93. The van der Waals surface area contributed by atoms with E-state index in [1.807, 2.05) is 16.8 Å². The molecule has 0 aliphatic heterocycles. The highest BCUT2D eigenvalue weighted by molar-refractivity contribution is 6.76. The third-order valence-electron chi connectivity index (χ3n) is 2.88. The average Bonchev–Trinajstić information content (AvgIpc) is 2.65. The maximum absolute atomic E-state index is 5.69. The molecule has 0 unspecified atom stereocenters. The summed E-state index contributed by atoms with van der Waals surface area (Å²) < 4.78 is 7.51. The van der Waals surface area contributed by atoms with Crippen molar-refractivity contribution in [2.45, 2.75) is 39.3 Å². The van der Waals surface area contributed by atoms with Crippen LogP contribution in [0.5, 0.6) is 0 Å². The quantitative estimate of drug-likeness (QED) is 0.615. The molecular formula is C13H21N3OSi. The van der Waals surface area contributed by atoms with Crippen molar-refractivity contribution in [3.63, 3.8) is 0 Å². The molecular weight excluding hydrogens is 242 g/mol. The fourth-order valence-electron chi connectivity index (χ4n) is 1.71. The Morgan fingerprint density at radius 1 is 1.28 bits per heavy atom. The van der Waals surface area contributed by atoms with Crippen LogP contribution in [0.15, 0.2) is 18.2 Å². The third-order valence-corrected chi connectivity index (χ3v) is 4.58. The van der Waals surface area contributed by atoms with Gasteiger partial charge in [-0.1, -0.05) is 30.9 Å². The molecule has 4 nitrogen and oxygen atoms in total. The van der Waals surface area contributed by atoms with Gasteiger partial charge in [-0.15, -0.1) is 5.10 Å². The highest BCUT2D eigenvalue weighted by atomic mass is 28.3. The Morgan fingerprint density at radius 3 is 2.78 bits per heavy atom. The van der Waals surface area contributed by atoms with Gasteiger partial charge in [-0.2, -0.15) is 0 Å². The fraction of sp³-hybridized carbons (Fsp3) is 0.538. The van der Waals surface area contributed by atoms with Crippen molar-refractivity contribution in [3.8, 4) is 0 Å². The molecule has 0 atom stereocenters. The fourth-order valence-corrected chi connectivity index (χ4v) is 2.46. The van der Waals surface area contributed by atoms with E-state index in [2.05, 4.69) is 42.9 Å². The normalized spacial score (nSPS) is 12.2. The lowest BCUT2D eigenvalue weighted by Gasteiger charge is -2.15. The van der Waals surface area contributed by atoms with Crippen LogP contribution in [0, 0.1) is 6.92 Å². The van der Waals surface area contributed by atoms with Crippen LogP contribution in [-0.2, 0) is 11.5 Å². The van der Waals surface area contributed by atoms with Crippen LogP contribution in [0.2, 0.25) is 25.7 Å². The Kier molecular flexibility index (Phi) is 3.82. The molecule has 0 amide bonds. The van der Waals surface area contributed by atoms with Crippen molar-refractivity contribution in [1.29, 1.82) is 0 Å². The van der Waals surface area contributed by atoms with Gasteiger partial charge < -0.3 is 4.74 Å². The Hall–Kier alpha value is -1.20. The van der Waals surface area contributed by atoms with Crippen molar-refractivity contribution >= 4 is 19.1 Å². The van der Waals surface area contributed by atoms with E-state index in [-0.39, 0.29) is 0 Å². The monoisotopic (exact) mass is 263 g/mol. The van der Waals surface area contributed by atoms with Gasteiger partial charge >= 0.3 is 0 Å². The Morgan fingerprint density at radius 2 is 2.06 bits per heavy atom. The number of hydrogen-bond acceptors (Lipinski definition) is 3. The SMILES string of the molecule is Cc1ccc2c(c1)nnn2COCC[Si](C)(C)C. The molecule has 98 valence electrons. The van der Waals surface area contributed by atoms with Crippen LogP contribution in [0.3, 0.4) is 0 Å². The molecule has 0 saturated heterocycles. The first-order valence-corrected chi connectivity index (χ1v) is 10.0. The van der Waals surface area contributed by atoms with E-state index in [4.69, 9.17) is 4.74 Å². The smallest absolute Gasteiger partial charge is 0.141 e. The zero-order valence-corrected chi connectivity index (χ0v) is 12.6. The van der Waals surface area contributed by atoms with Crippen LogP contribution < -0.4 is 0 Å². The van der Waals surface area contributed by atoms with E-state index in [9.17, 15) is 0 Å². The summed E-state index contributed by atoms with van der Waals surface area (Å²) in [5.74, 6) is 0. The largest absolute Gasteiger partial charge is 0.359 e. The van der Waals surface area contributed by atoms with E-state index in [1.165, 1.54) is 11.6 Å². The summed E-state index contributed by atoms with van der Waals surface area (Å²) in [4.78, 5) is 0. The summed E-state index contributed by atoms with van der Waals surface area (Å²) in [6, 6.07) is 7.34. The zero-order valence-electron chi connectivity index (χ0n) is 11.6. The summed E-state index contributed by atoms with van der Waals surface area (Å²) in [5.41, 5.74) is 3.17. The molecule has 5 heteroatoms. The van der Waals surface area contributed by atoms with Gasteiger partial charge in [0.2, 0.25) is 0 Å². The molecule has 0 aliphatic carbocycles. The molecule has 0 radical (unpaired) electrons.